The van der Waals surface area contributed by atoms with Crippen LogP contribution in [0.25, 0.3) is 11.1 Å². The number of pyridine rings is 2. The molecule has 2 rings (SSSR count). The van der Waals surface area contributed by atoms with E-state index in [1.165, 1.54) is 6.20 Å². The molecule has 4 N–H and O–H groups in total. The molecule has 0 unspecified atom stereocenters. The number of hydrogen-bond donors (Lipinski definition) is 2. The van der Waals surface area contributed by atoms with Crippen LogP contribution >= 0.6 is 0 Å². The van der Waals surface area contributed by atoms with Gasteiger partial charge in [-0.2, -0.15) is 0 Å². The zero-order valence-corrected chi connectivity index (χ0v) is 7.51. The second-order valence-corrected chi connectivity index (χ2v) is 2.93. The first-order chi connectivity index (χ1) is 6.79. The minimum absolute atomic E-state index is 0.492. The van der Waals surface area contributed by atoms with Gasteiger partial charge in [0, 0.05) is 29.7 Å². The van der Waals surface area contributed by atoms with Crippen LogP contribution in [0, 0.1) is 0 Å². The predicted octanol–water partition coefficient (Wildman–Crippen LogP) is 1.31. The lowest BCUT2D eigenvalue weighted by Crippen LogP contribution is -1.98. The summed E-state index contributed by atoms with van der Waals surface area (Å²) >= 11 is 0. The van der Waals surface area contributed by atoms with Crippen molar-refractivity contribution < 1.29 is 0 Å². The molecule has 0 atom stereocenters. The van der Waals surface area contributed by atoms with Gasteiger partial charge < -0.3 is 11.5 Å². The monoisotopic (exact) mass is 186 g/mol. The molecule has 0 spiro atoms. The largest absolute Gasteiger partial charge is 0.396 e. The van der Waals surface area contributed by atoms with Crippen LogP contribution in [0.3, 0.4) is 0 Å². The average Bonchev–Trinajstić information content (AvgIpc) is 2.23. The predicted molar refractivity (Wildman–Crippen MR) is 56.3 cm³/mol. The minimum Gasteiger partial charge on any atom is -0.396 e. The summed E-state index contributed by atoms with van der Waals surface area (Å²) in [6.45, 7) is 0. The van der Waals surface area contributed by atoms with Crippen molar-refractivity contribution >= 4 is 11.4 Å². The summed E-state index contributed by atoms with van der Waals surface area (Å²) in [6.07, 6.45) is 6.66. The van der Waals surface area contributed by atoms with Gasteiger partial charge in [0.2, 0.25) is 0 Å². The number of anilines is 2. The molecule has 0 saturated carbocycles. The van der Waals surface area contributed by atoms with E-state index >= 15 is 0 Å². The first-order valence-corrected chi connectivity index (χ1v) is 4.18. The van der Waals surface area contributed by atoms with Crippen LogP contribution in [0.15, 0.2) is 36.9 Å². The third-order valence-electron chi connectivity index (χ3n) is 1.99. The van der Waals surface area contributed by atoms with Crippen molar-refractivity contribution in [2.75, 3.05) is 11.5 Å². The second kappa shape index (κ2) is 3.33. The standard InChI is InChI=1S/C10H10N4/c11-9-6-14-5-8(10(9)12)7-2-1-3-13-4-7/h1-6H,11H2,(H2,12,14). The minimum atomic E-state index is 0.492. The lowest BCUT2D eigenvalue weighted by molar-refractivity contribution is 1.30. The van der Waals surface area contributed by atoms with Crippen LogP contribution in [-0.4, -0.2) is 9.97 Å². The summed E-state index contributed by atoms with van der Waals surface area (Å²) < 4.78 is 0. The van der Waals surface area contributed by atoms with Crippen molar-refractivity contribution in [3.63, 3.8) is 0 Å². The van der Waals surface area contributed by atoms with E-state index in [0.717, 1.165) is 11.1 Å². The molecule has 2 aromatic heterocycles. The SMILES string of the molecule is Nc1cncc(-c2cccnc2)c1N. The lowest BCUT2D eigenvalue weighted by Gasteiger charge is -2.06. The summed E-state index contributed by atoms with van der Waals surface area (Å²) in [6, 6.07) is 3.76. The fourth-order valence-corrected chi connectivity index (χ4v) is 1.24. The first kappa shape index (κ1) is 8.50. The van der Waals surface area contributed by atoms with Gasteiger partial charge in [-0.15, -0.1) is 0 Å². The van der Waals surface area contributed by atoms with Crippen molar-refractivity contribution in [2.45, 2.75) is 0 Å². The Morgan fingerprint density at radius 3 is 2.57 bits per heavy atom. The molecule has 0 fully saturated rings. The zero-order chi connectivity index (χ0) is 9.97. The molecule has 0 amide bonds. The van der Waals surface area contributed by atoms with E-state index in [9.17, 15) is 0 Å². The third-order valence-corrected chi connectivity index (χ3v) is 1.99. The van der Waals surface area contributed by atoms with Crippen LogP contribution in [0.2, 0.25) is 0 Å². The average molecular weight is 186 g/mol. The maximum Gasteiger partial charge on any atom is 0.0740 e. The molecule has 70 valence electrons. The van der Waals surface area contributed by atoms with Gasteiger partial charge in [-0.25, -0.2) is 0 Å². The van der Waals surface area contributed by atoms with Gasteiger partial charge in [0.1, 0.15) is 0 Å². The highest BCUT2D eigenvalue weighted by atomic mass is 14.8. The summed E-state index contributed by atoms with van der Waals surface area (Å²) in [4.78, 5) is 8.00. The van der Waals surface area contributed by atoms with Crippen molar-refractivity contribution in [2.24, 2.45) is 0 Å². The Morgan fingerprint density at radius 2 is 1.86 bits per heavy atom. The number of rotatable bonds is 1. The Labute approximate surface area is 81.6 Å². The molecule has 0 aromatic carbocycles. The van der Waals surface area contributed by atoms with Gasteiger partial charge in [-0.3, -0.25) is 9.97 Å². The molecule has 0 radical (unpaired) electrons. The number of nitrogens with zero attached hydrogens (tertiary/aromatic N) is 2. The molecule has 0 aliphatic rings. The molecule has 0 bridgehead atoms. The number of nitrogen functional groups attached to an aromatic ring is 2. The van der Waals surface area contributed by atoms with E-state index in [1.54, 1.807) is 18.6 Å². The van der Waals surface area contributed by atoms with Crippen molar-refractivity contribution in [3.8, 4) is 11.1 Å². The van der Waals surface area contributed by atoms with Gasteiger partial charge in [0.05, 0.1) is 17.6 Å². The van der Waals surface area contributed by atoms with Gasteiger partial charge >= 0.3 is 0 Å². The Morgan fingerprint density at radius 1 is 1.00 bits per heavy atom. The van der Waals surface area contributed by atoms with Gasteiger partial charge in [-0.05, 0) is 6.07 Å². The first-order valence-electron chi connectivity index (χ1n) is 4.18. The Bertz CT molecular complexity index is 439. The topological polar surface area (TPSA) is 77.8 Å². The molecule has 2 aromatic rings. The molecule has 2 heterocycles. The Kier molecular flexibility index (Phi) is 2.02. The van der Waals surface area contributed by atoms with E-state index in [-0.39, 0.29) is 0 Å². The quantitative estimate of drug-likeness (QED) is 0.703. The molecule has 14 heavy (non-hydrogen) atoms. The van der Waals surface area contributed by atoms with Crippen LogP contribution in [-0.2, 0) is 0 Å². The van der Waals surface area contributed by atoms with E-state index in [2.05, 4.69) is 9.97 Å². The number of aromatic nitrogens is 2. The maximum absolute atomic E-state index is 5.82. The van der Waals surface area contributed by atoms with Crippen LogP contribution in [0.1, 0.15) is 0 Å². The highest BCUT2D eigenvalue weighted by Gasteiger charge is 2.04. The van der Waals surface area contributed by atoms with Crippen molar-refractivity contribution in [3.05, 3.63) is 36.9 Å². The van der Waals surface area contributed by atoms with Crippen molar-refractivity contribution in [1.29, 1.82) is 0 Å². The fourth-order valence-electron chi connectivity index (χ4n) is 1.24. The Balaban J connectivity index is 2.58. The van der Waals surface area contributed by atoms with Crippen molar-refractivity contribution in [1.82, 2.24) is 9.97 Å². The maximum atomic E-state index is 5.82. The van der Waals surface area contributed by atoms with Gasteiger partial charge in [0.25, 0.3) is 0 Å². The summed E-state index contributed by atoms with van der Waals surface area (Å²) in [5.41, 5.74) is 14.3. The van der Waals surface area contributed by atoms with Gasteiger partial charge in [-0.1, -0.05) is 6.07 Å². The molecule has 4 heteroatoms. The van der Waals surface area contributed by atoms with Crippen LogP contribution in [0.4, 0.5) is 11.4 Å². The highest BCUT2D eigenvalue weighted by Crippen LogP contribution is 2.27. The smallest absolute Gasteiger partial charge is 0.0740 e. The zero-order valence-electron chi connectivity index (χ0n) is 7.51. The Hall–Kier alpha value is -2.10. The summed E-state index contributed by atoms with van der Waals surface area (Å²) in [5.74, 6) is 0. The normalized spacial score (nSPS) is 10.0. The van der Waals surface area contributed by atoms with E-state index < -0.39 is 0 Å². The molecular weight excluding hydrogens is 176 g/mol. The summed E-state index contributed by atoms with van der Waals surface area (Å²) in [7, 11) is 0. The summed E-state index contributed by atoms with van der Waals surface area (Å²) in [5, 5.41) is 0. The fraction of sp³-hybridized carbons (Fsp3) is 0. The molecule has 0 saturated heterocycles. The highest BCUT2D eigenvalue weighted by molar-refractivity contribution is 5.82. The lowest BCUT2D eigenvalue weighted by atomic mass is 10.1. The number of nitrogens with two attached hydrogens (primary N) is 2. The number of hydrogen-bond acceptors (Lipinski definition) is 4. The molecule has 0 aliphatic carbocycles. The molecular formula is C10H10N4. The van der Waals surface area contributed by atoms with E-state index in [0.29, 0.717) is 11.4 Å². The molecule has 0 aliphatic heterocycles. The van der Waals surface area contributed by atoms with Crippen LogP contribution < -0.4 is 11.5 Å². The molecule has 4 nitrogen and oxygen atoms in total. The van der Waals surface area contributed by atoms with E-state index in [1.807, 2.05) is 12.1 Å². The van der Waals surface area contributed by atoms with Crippen LogP contribution in [0.5, 0.6) is 0 Å². The van der Waals surface area contributed by atoms with E-state index in [4.69, 9.17) is 11.5 Å². The third kappa shape index (κ3) is 1.37. The second-order valence-electron chi connectivity index (χ2n) is 2.93. The van der Waals surface area contributed by atoms with Gasteiger partial charge in [0.15, 0.2) is 0 Å².